The number of hydrogen-bond acceptors (Lipinski definition) is 2. The number of hydrogen-bond donors (Lipinski definition) is 1. The van der Waals surface area contributed by atoms with Crippen LogP contribution in [0, 0.1) is 13.8 Å². The van der Waals surface area contributed by atoms with Crippen LogP contribution in [0.1, 0.15) is 35.5 Å². The van der Waals surface area contributed by atoms with Gasteiger partial charge >= 0.3 is 0 Å². The van der Waals surface area contributed by atoms with Gasteiger partial charge in [0, 0.05) is 33.8 Å². The predicted molar refractivity (Wildman–Crippen MR) is 92.0 cm³/mol. The topological polar surface area (TPSA) is 29.9 Å². The molecule has 0 bridgehead atoms. The van der Waals surface area contributed by atoms with Gasteiger partial charge in [0.1, 0.15) is 0 Å². The van der Waals surface area contributed by atoms with Crippen molar-refractivity contribution in [3.8, 4) is 0 Å². The van der Waals surface area contributed by atoms with E-state index in [0.717, 1.165) is 33.7 Å². The van der Waals surface area contributed by atoms with E-state index in [4.69, 9.17) is 11.6 Å². The van der Waals surface area contributed by atoms with E-state index in [9.17, 15) is 0 Å². The van der Waals surface area contributed by atoms with E-state index in [-0.39, 0.29) is 6.04 Å². The molecule has 0 fully saturated rings. The van der Waals surface area contributed by atoms with Crippen molar-refractivity contribution in [2.75, 3.05) is 6.54 Å². The Morgan fingerprint density at radius 3 is 2.62 bits per heavy atom. The summed E-state index contributed by atoms with van der Waals surface area (Å²) < 4.78 is 2.95. The number of nitrogens with zero attached hydrogens (tertiary/aromatic N) is 2. The lowest BCUT2D eigenvalue weighted by Crippen LogP contribution is -2.24. The van der Waals surface area contributed by atoms with Gasteiger partial charge < -0.3 is 5.32 Å². The lowest BCUT2D eigenvalue weighted by molar-refractivity contribution is 0.544. The van der Waals surface area contributed by atoms with Crippen molar-refractivity contribution in [1.29, 1.82) is 0 Å². The molecule has 3 nitrogen and oxygen atoms in total. The third-order valence-corrected chi connectivity index (χ3v) is 4.65. The number of likely N-dealkylation sites (N-methyl/N-ethyl adjacent to an activating group) is 1. The molecule has 1 atom stereocenters. The van der Waals surface area contributed by atoms with Crippen molar-refractivity contribution in [2.24, 2.45) is 7.05 Å². The van der Waals surface area contributed by atoms with Crippen LogP contribution in [0.2, 0.25) is 5.02 Å². The molecule has 2 rings (SSSR count). The Labute approximate surface area is 139 Å². The van der Waals surface area contributed by atoms with Gasteiger partial charge in [0.15, 0.2) is 0 Å². The van der Waals surface area contributed by atoms with Crippen molar-refractivity contribution in [3.63, 3.8) is 0 Å². The number of rotatable bonds is 5. The van der Waals surface area contributed by atoms with Crippen molar-refractivity contribution in [3.05, 3.63) is 50.2 Å². The summed E-state index contributed by atoms with van der Waals surface area (Å²) in [6.07, 6.45) is 0.854. The fraction of sp³-hybridized carbons (Fsp3) is 0.438. The van der Waals surface area contributed by atoms with Crippen LogP contribution in [0.3, 0.4) is 0 Å². The van der Waals surface area contributed by atoms with E-state index in [1.165, 1.54) is 11.3 Å². The average molecular weight is 371 g/mol. The van der Waals surface area contributed by atoms with Gasteiger partial charge in [-0.1, -0.05) is 40.5 Å². The van der Waals surface area contributed by atoms with Gasteiger partial charge in [0.2, 0.25) is 0 Å². The Hall–Kier alpha value is -0.840. The van der Waals surface area contributed by atoms with Gasteiger partial charge in [-0.2, -0.15) is 5.10 Å². The summed E-state index contributed by atoms with van der Waals surface area (Å²) in [5.74, 6) is 0. The molecule has 114 valence electrons. The van der Waals surface area contributed by atoms with E-state index < -0.39 is 0 Å². The molecule has 5 heteroatoms. The van der Waals surface area contributed by atoms with E-state index in [2.05, 4.69) is 53.2 Å². The number of aromatic nitrogens is 2. The second-order valence-corrected chi connectivity index (χ2v) is 6.58. The largest absolute Gasteiger partial charge is 0.310 e. The Bertz CT molecular complexity index is 637. The molecule has 0 aliphatic rings. The molecule has 0 saturated heterocycles. The monoisotopic (exact) mass is 369 g/mol. The quantitative estimate of drug-likeness (QED) is 0.848. The molecular formula is C16H21BrClN3. The molecule has 0 aliphatic heterocycles. The first kappa shape index (κ1) is 16.5. The summed E-state index contributed by atoms with van der Waals surface area (Å²) in [5, 5.41) is 8.89. The fourth-order valence-electron chi connectivity index (χ4n) is 2.72. The van der Waals surface area contributed by atoms with Gasteiger partial charge in [0.05, 0.1) is 5.69 Å². The third kappa shape index (κ3) is 3.68. The summed E-state index contributed by atoms with van der Waals surface area (Å²) in [6, 6.07) is 6.29. The Morgan fingerprint density at radius 2 is 2.10 bits per heavy atom. The zero-order valence-corrected chi connectivity index (χ0v) is 15.2. The molecule has 1 heterocycles. The highest BCUT2D eigenvalue weighted by atomic mass is 79.9. The lowest BCUT2D eigenvalue weighted by atomic mass is 9.97. The van der Waals surface area contributed by atoms with E-state index in [0.29, 0.717) is 0 Å². The first-order chi connectivity index (χ1) is 9.93. The SMILES string of the molecule is CCNC(Cc1ccc(Br)cc1Cl)c1c(C)nn(C)c1C. The highest BCUT2D eigenvalue weighted by molar-refractivity contribution is 9.10. The van der Waals surface area contributed by atoms with Crippen LogP contribution < -0.4 is 5.32 Å². The van der Waals surface area contributed by atoms with Crippen LogP contribution in [-0.2, 0) is 13.5 Å². The van der Waals surface area contributed by atoms with Crippen molar-refractivity contribution in [1.82, 2.24) is 15.1 Å². The minimum atomic E-state index is 0.224. The molecule has 0 aliphatic carbocycles. The molecule has 0 amide bonds. The summed E-state index contributed by atoms with van der Waals surface area (Å²) >= 11 is 9.82. The third-order valence-electron chi connectivity index (χ3n) is 3.80. The molecule has 0 radical (unpaired) electrons. The first-order valence-electron chi connectivity index (χ1n) is 7.11. The fourth-order valence-corrected chi connectivity index (χ4v) is 3.47. The number of aryl methyl sites for hydroxylation is 2. The normalized spacial score (nSPS) is 12.7. The van der Waals surface area contributed by atoms with Crippen LogP contribution in [-0.4, -0.2) is 16.3 Å². The standard InChI is InChI=1S/C16H21BrClN3/c1-5-19-15(16-10(2)20-21(4)11(16)3)8-12-6-7-13(17)9-14(12)18/h6-7,9,15,19H,5,8H2,1-4H3. The highest BCUT2D eigenvalue weighted by Crippen LogP contribution is 2.29. The Morgan fingerprint density at radius 1 is 1.38 bits per heavy atom. The zero-order valence-electron chi connectivity index (χ0n) is 12.9. The number of nitrogens with one attached hydrogen (secondary N) is 1. The second kappa shape index (κ2) is 6.95. The smallest absolute Gasteiger partial charge is 0.0644 e. The average Bonchev–Trinajstić information content (AvgIpc) is 2.66. The molecule has 1 N–H and O–H groups in total. The van der Waals surface area contributed by atoms with Crippen LogP contribution in [0.4, 0.5) is 0 Å². The van der Waals surface area contributed by atoms with Crippen molar-refractivity contribution in [2.45, 2.75) is 33.2 Å². The van der Waals surface area contributed by atoms with Crippen LogP contribution in [0.5, 0.6) is 0 Å². The van der Waals surface area contributed by atoms with E-state index in [1.807, 2.05) is 23.9 Å². The second-order valence-electron chi connectivity index (χ2n) is 5.26. The summed E-state index contributed by atoms with van der Waals surface area (Å²) in [5.41, 5.74) is 4.70. The number of benzene rings is 1. The maximum atomic E-state index is 6.37. The Balaban J connectivity index is 2.35. The minimum Gasteiger partial charge on any atom is -0.310 e. The minimum absolute atomic E-state index is 0.224. The highest BCUT2D eigenvalue weighted by Gasteiger charge is 2.20. The van der Waals surface area contributed by atoms with Crippen LogP contribution in [0.25, 0.3) is 0 Å². The molecule has 1 aromatic heterocycles. The summed E-state index contributed by atoms with van der Waals surface area (Å²) in [7, 11) is 1.99. The van der Waals surface area contributed by atoms with E-state index in [1.54, 1.807) is 0 Å². The zero-order chi connectivity index (χ0) is 15.6. The van der Waals surface area contributed by atoms with Gasteiger partial charge in [-0.05, 0) is 44.5 Å². The van der Waals surface area contributed by atoms with Crippen LogP contribution >= 0.6 is 27.5 Å². The van der Waals surface area contributed by atoms with Gasteiger partial charge in [-0.15, -0.1) is 0 Å². The maximum absolute atomic E-state index is 6.37. The molecule has 1 aromatic carbocycles. The summed E-state index contributed by atoms with van der Waals surface area (Å²) in [4.78, 5) is 0. The number of halogens is 2. The van der Waals surface area contributed by atoms with Crippen LogP contribution in [0.15, 0.2) is 22.7 Å². The first-order valence-corrected chi connectivity index (χ1v) is 8.28. The van der Waals surface area contributed by atoms with Gasteiger partial charge in [0.25, 0.3) is 0 Å². The maximum Gasteiger partial charge on any atom is 0.0644 e. The molecule has 21 heavy (non-hydrogen) atoms. The Kier molecular flexibility index (Phi) is 5.47. The lowest BCUT2D eigenvalue weighted by Gasteiger charge is -2.20. The van der Waals surface area contributed by atoms with Gasteiger partial charge in [-0.3, -0.25) is 4.68 Å². The van der Waals surface area contributed by atoms with E-state index >= 15 is 0 Å². The molecule has 0 spiro atoms. The molecule has 0 saturated carbocycles. The van der Waals surface area contributed by atoms with Crippen molar-refractivity contribution >= 4 is 27.5 Å². The molecule has 2 aromatic rings. The summed E-state index contributed by atoms with van der Waals surface area (Å²) in [6.45, 7) is 7.21. The van der Waals surface area contributed by atoms with Gasteiger partial charge in [-0.25, -0.2) is 0 Å². The predicted octanol–water partition coefficient (Wildman–Crippen LogP) is 4.35. The molecule has 1 unspecified atom stereocenters. The molecular weight excluding hydrogens is 350 g/mol. The van der Waals surface area contributed by atoms with Crippen molar-refractivity contribution < 1.29 is 0 Å².